The summed E-state index contributed by atoms with van der Waals surface area (Å²) in [5.74, 6) is 1.39. The fraction of sp³-hybridized carbons (Fsp3) is 0.438. The van der Waals surface area contributed by atoms with Gasteiger partial charge < -0.3 is 15.4 Å². The molecule has 20 heavy (non-hydrogen) atoms. The molecule has 1 saturated heterocycles. The van der Waals surface area contributed by atoms with E-state index >= 15 is 0 Å². The largest absolute Gasteiger partial charge is 0.497 e. The highest BCUT2D eigenvalue weighted by Crippen LogP contribution is 2.12. The summed E-state index contributed by atoms with van der Waals surface area (Å²) in [6, 6.07) is 7.62. The van der Waals surface area contributed by atoms with Gasteiger partial charge in [-0.25, -0.2) is 0 Å². The van der Waals surface area contributed by atoms with Gasteiger partial charge in [-0.15, -0.1) is 0 Å². The Labute approximate surface area is 120 Å². The van der Waals surface area contributed by atoms with E-state index in [0.717, 1.165) is 43.8 Å². The first-order valence-corrected chi connectivity index (χ1v) is 7.08. The lowest BCUT2D eigenvalue weighted by Crippen LogP contribution is -2.35. The van der Waals surface area contributed by atoms with Crippen molar-refractivity contribution in [3.05, 3.63) is 35.9 Å². The first-order valence-electron chi connectivity index (χ1n) is 7.08. The molecule has 0 radical (unpaired) electrons. The smallest absolute Gasteiger partial charge is 0.244 e. The zero-order valence-electron chi connectivity index (χ0n) is 11.9. The summed E-state index contributed by atoms with van der Waals surface area (Å²) in [5.41, 5.74) is 0.989. The van der Waals surface area contributed by atoms with E-state index in [0.29, 0.717) is 5.92 Å². The summed E-state index contributed by atoms with van der Waals surface area (Å²) >= 11 is 0. The maximum atomic E-state index is 11.7. The predicted octanol–water partition coefficient (Wildman–Crippen LogP) is 1.82. The van der Waals surface area contributed by atoms with Crippen LogP contribution in [0, 0.1) is 5.92 Å². The Morgan fingerprint density at radius 3 is 2.70 bits per heavy atom. The van der Waals surface area contributed by atoms with Crippen LogP contribution in [0.1, 0.15) is 18.4 Å². The highest BCUT2D eigenvalue weighted by Gasteiger charge is 2.12. The summed E-state index contributed by atoms with van der Waals surface area (Å²) in [4.78, 5) is 11.7. The molecule has 0 aliphatic carbocycles. The summed E-state index contributed by atoms with van der Waals surface area (Å²) in [6.07, 6.45) is 5.69. The van der Waals surface area contributed by atoms with Gasteiger partial charge in [-0.2, -0.15) is 0 Å². The maximum absolute atomic E-state index is 11.7. The average molecular weight is 274 g/mol. The van der Waals surface area contributed by atoms with Gasteiger partial charge in [-0.05, 0) is 55.6 Å². The van der Waals surface area contributed by atoms with Crippen LogP contribution in [0.25, 0.3) is 6.08 Å². The second-order valence-corrected chi connectivity index (χ2v) is 5.05. The molecule has 0 spiro atoms. The van der Waals surface area contributed by atoms with E-state index < -0.39 is 0 Å². The van der Waals surface area contributed by atoms with Gasteiger partial charge in [-0.1, -0.05) is 12.1 Å². The van der Waals surface area contributed by atoms with E-state index in [9.17, 15) is 4.79 Å². The Kier molecular flexibility index (Phi) is 5.62. The Bertz CT molecular complexity index is 448. The minimum absolute atomic E-state index is 0.0284. The number of hydrogen-bond donors (Lipinski definition) is 2. The molecule has 0 bridgehead atoms. The summed E-state index contributed by atoms with van der Waals surface area (Å²) in [6.45, 7) is 2.89. The molecular weight excluding hydrogens is 252 g/mol. The van der Waals surface area contributed by atoms with Crippen molar-refractivity contribution in [2.45, 2.75) is 12.8 Å². The molecule has 108 valence electrons. The van der Waals surface area contributed by atoms with Gasteiger partial charge in [0.2, 0.25) is 5.91 Å². The van der Waals surface area contributed by atoms with Gasteiger partial charge in [0, 0.05) is 12.6 Å². The molecule has 2 N–H and O–H groups in total. The number of benzene rings is 1. The fourth-order valence-electron chi connectivity index (χ4n) is 2.28. The molecule has 0 unspecified atom stereocenters. The molecule has 0 saturated carbocycles. The predicted molar refractivity (Wildman–Crippen MR) is 80.6 cm³/mol. The topological polar surface area (TPSA) is 50.4 Å². The number of hydrogen-bond acceptors (Lipinski definition) is 3. The van der Waals surface area contributed by atoms with Gasteiger partial charge in [0.1, 0.15) is 5.75 Å². The summed E-state index contributed by atoms with van der Waals surface area (Å²) < 4.78 is 5.09. The fourth-order valence-corrected chi connectivity index (χ4v) is 2.28. The number of amides is 1. The van der Waals surface area contributed by atoms with Crippen molar-refractivity contribution in [3.63, 3.8) is 0 Å². The van der Waals surface area contributed by atoms with Crippen LogP contribution < -0.4 is 15.4 Å². The Morgan fingerprint density at radius 2 is 2.05 bits per heavy atom. The third-order valence-electron chi connectivity index (χ3n) is 3.57. The van der Waals surface area contributed by atoms with Crippen LogP contribution in [0.2, 0.25) is 0 Å². The number of piperidine rings is 1. The average Bonchev–Trinajstić information content (AvgIpc) is 2.52. The Balaban J connectivity index is 1.76. The lowest BCUT2D eigenvalue weighted by molar-refractivity contribution is -0.116. The number of methoxy groups -OCH3 is 1. The molecule has 1 heterocycles. The quantitative estimate of drug-likeness (QED) is 0.805. The second kappa shape index (κ2) is 7.70. The van der Waals surface area contributed by atoms with Crippen LogP contribution in [0.3, 0.4) is 0 Å². The molecule has 1 fully saturated rings. The van der Waals surface area contributed by atoms with Crippen molar-refractivity contribution < 1.29 is 9.53 Å². The summed E-state index contributed by atoms with van der Waals surface area (Å²) in [5, 5.41) is 6.29. The number of carbonyl (C=O) groups is 1. The first-order chi connectivity index (χ1) is 9.78. The minimum atomic E-state index is -0.0284. The van der Waals surface area contributed by atoms with Gasteiger partial charge in [-0.3, -0.25) is 4.79 Å². The highest BCUT2D eigenvalue weighted by atomic mass is 16.5. The van der Waals surface area contributed by atoms with Gasteiger partial charge >= 0.3 is 0 Å². The lowest BCUT2D eigenvalue weighted by Gasteiger charge is -2.22. The monoisotopic (exact) mass is 274 g/mol. The SMILES string of the molecule is COc1ccc(C=CC(=O)NCC2CCNCC2)cc1. The molecule has 1 aromatic carbocycles. The summed E-state index contributed by atoms with van der Waals surface area (Å²) in [7, 11) is 1.64. The third kappa shape index (κ3) is 4.70. The maximum Gasteiger partial charge on any atom is 0.244 e. The number of carbonyl (C=O) groups excluding carboxylic acids is 1. The van der Waals surface area contributed by atoms with Gasteiger partial charge in [0.25, 0.3) is 0 Å². The number of rotatable bonds is 5. The Morgan fingerprint density at radius 1 is 1.35 bits per heavy atom. The van der Waals surface area contributed by atoms with Crippen molar-refractivity contribution >= 4 is 12.0 Å². The molecule has 4 heteroatoms. The molecule has 1 aliphatic heterocycles. The van der Waals surface area contributed by atoms with Crippen molar-refractivity contribution in [2.24, 2.45) is 5.92 Å². The normalized spacial score (nSPS) is 16.2. The van der Waals surface area contributed by atoms with Gasteiger partial charge in [0.05, 0.1) is 7.11 Å². The number of nitrogens with one attached hydrogen (secondary N) is 2. The second-order valence-electron chi connectivity index (χ2n) is 5.05. The van der Waals surface area contributed by atoms with Crippen molar-refractivity contribution in [1.82, 2.24) is 10.6 Å². The molecule has 4 nitrogen and oxygen atoms in total. The first kappa shape index (κ1) is 14.6. The number of ether oxygens (including phenoxy) is 1. The minimum Gasteiger partial charge on any atom is -0.497 e. The van der Waals surface area contributed by atoms with Crippen LogP contribution in [0.4, 0.5) is 0 Å². The van der Waals surface area contributed by atoms with Crippen LogP contribution in [0.15, 0.2) is 30.3 Å². The van der Waals surface area contributed by atoms with E-state index in [1.54, 1.807) is 13.2 Å². The molecule has 2 rings (SSSR count). The zero-order chi connectivity index (χ0) is 14.2. The Hall–Kier alpha value is -1.81. The van der Waals surface area contributed by atoms with Gasteiger partial charge in [0.15, 0.2) is 0 Å². The molecular formula is C16H22N2O2. The molecule has 0 atom stereocenters. The van der Waals surface area contributed by atoms with Crippen molar-refractivity contribution in [3.8, 4) is 5.75 Å². The molecule has 1 aliphatic rings. The molecule has 0 aromatic heterocycles. The highest BCUT2D eigenvalue weighted by molar-refractivity contribution is 5.91. The van der Waals surface area contributed by atoms with E-state index in [1.165, 1.54) is 0 Å². The van der Waals surface area contributed by atoms with E-state index in [1.807, 2.05) is 30.3 Å². The van der Waals surface area contributed by atoms with Crippen molar-refractivity contribution in [1.29, 1.82) is 0 Å². The van der Waals surface area contributed by atoms with E-state index in [-0.39, 0.29) is 5.91 Å². The van der Waals surface area contributed by atoms with Crippen LogP contribution in [-0.2, 0) is 4.79 Å². The molecule has 1 aromatic rings. The van der Waals surface area contributed by atoms with Crippen LogP contribution in [0.5, 0.6) is 5.75 Å². The molecule has 1 amide bonds. The van der Waals surface area contributed by atoms with E-state index in [4.69, 9.17) is 4.74 Å². The van der Waals surface area contributed by atoms with Crippen LogP contribution in [-0.4, -0.2) is 32.7 Å². The van der Waals surface area contributed by atoms with Crippen molar-refractivity contribution in [2.75, 3.05) is 26.7 Å². The zero-order valence-corrected chi connectivity index (χ0v) is 11.9. The standard InChI is InChI=1S/C16H22N2O2/c1-20-15-5-2-13(3-6-15)4-7-16(19)18-12-14-8-10-17-11-9-14/h2-7,14,17H,8-12H2,1H3,(H,18,19). The van der Waals surface area contributed by atoms with E-state index in [2.05, 4.69) is 10.6 Å². The third-order valence-corrected chi connectivity index (χ3v) is 3.57. The lowest BCUT2D eigenvalue weighted by atomic mass is 9.98. The van der Waals surface area contributed by atoms with Crippen LogP contribution >= 0.6 is 0 Å².